The first-order valence-electron chi connectivity index (χ1n) is 8.51. The lowest BCUT2D eigenvalue weighted by atomic mass is 9.79. The van der Waals surface area contributed by atoms with Gasteiger partial charge in [0.2, 0.25) is 16.2 Å². The lowest BCUT2D eigenvalue weighted by Crippen LogP contribution is -2.33. The zero-order chi connectivity index (χ0) is 19.0. The highest BCUT2D eigenvalue weighted by Crippen LogP contribution is 2.37. The molecule has 1 N–H and O–H groups in total. The molecule has 1 saturated heterocycles. The van der Waals surface area contributed by atoms with Gasteiger partial charge in [-0.2, -0.15) is 8.42 Å². The Morgan fingerprint density at radius 3 is 2.38 bits per heavy atom. The lowest BCUT2D eigenvalue weighted by molar-refractivity contribution is -0.123. The molecule has 0 aromatic heterocycles. The van der Waals surface area contributed by atoms with Gasteiger partial charge in [0.05, 0.1) is 17.2 Å². The van der Waals surface area contributed by atoms with E-state index in [-0.39, 0.29) is 17.2 Å². The average molecular weight is 377 g/mol. The Hall–Kier alpha value is -2.48. The van der Waals surface area contributed by atoms with Crippen molar-refractivity contribution in [1.82, 2.24) is 0 Å². The average Bonchev–Trinajstić information content (AvgIpc) is 2.87. The first kappa shape index (κ1) is 18.3. The number of anilines is 1. The van der Waals surface area contributed by atoms with Crippen molar-refractivity contribution in [2.24, 2.45) is 11.8 Å². The Kier molecular flexibility index (Phi) is 4.95. The van der Waals surface area contributed by atoms with Gasteiger partial charge in [-0.1, -0.05) is 25.3 Å². The molecule has 1 aromatic rings. The van der Waals surface area contributed by atoms with Crippen molar-refractivity contribution in [2.75, 3.05) is 4.90 Å². The van der Waals surface area contributed by atoms with Crippen LogP contribution in [-0.4, -0.2) is 36.2 Å². The molecule has 2 fully saturated rings. The smallest absolute Gasteiger partial charge is 0.336 e. The minimum atomic E-state index is -2.80. The monoisotopic (exact) mass is 377 g/mol. The number of amides is 2. The fraction of sp³-hybridized carbons (Fsp3) is 0.444. The number of imide groups is 1. The van der Waals surface area contributed by atoms with E-state index >= 15 is 0 Å². The molecule has 138 valence electrons. The van der Waals surface area contributed by atoms with Crippen LogP contribution < -0.4 is 4.90 Å². The van der Waals surface area contributed by atoms with Crippen molar-refractivity contribution >= 4 is 38.6 Å². The SMILES string of the molecule is Cc1ccc(N2C(=O)C(=S(=O)=O)C(C3CCCCC3)C2=O)cc1C(=O)O. The third-order valence-corrected chi connectivity index (χ3v) is 5.98. The Balaban J connectivity index is 2.08. The van der Waals surface area contributed by atoms with E-state index in [1.165, 1.54) is 18.2 Å². The summed E-state index contributed by atoms with van der Waals surface area (Å²) in [6, 6.07) is 4.20. The van der Waals surface area contributed by atoms with Crippen molar-refractivity contribution in [3.63, 3.8) is 0 Å². The molecular weight excluding hydrogens is 358 g/mol. The van der Waals surface area contributed by atoms with Gasteiger partial charge in [-0.25, -0.2) is 9.69 Å². The standard InChI is InChI=1S/C18H19NO6S/c1-10-7-8-12(9-13(10)18(22)23)19-16(20)14(11-5-3-2-4-6-11)15(17(19)21)26(24)25/h7-9,11,14H,2-6H2,1H3,(H,22,23). The van der Waals surface area contributed by atoms with E-state index in [0.29, 0.717) is 18.4 Å². The predicted molar refractivity (Wildman–Crippen MR) is 94.6 cm³/mol. The van der Waals surface area contributed by atoms with Gasteiger partial charge in [0.1, 0.15) is 0 Å². The van der Waals surface area contributed by atoms with Crippen LogP contribution in [0.2, 0.25) is 0 Å². The molecule has 1 saturated carbocycles. The molecule has 1 atom stereocenters. The number of carbonyl (C=O) groups excluding carboxylic acids is 2. The second-order valence-electron chi connectivity index (χ2n) is 6.76. The number of hydrogen-bond donors (Lipinski definition) is 1. The van der Waals surface area contributed by atoms with Gasteiger partial charge in [0, 0.05) is 0 Å². The minimum absolute atomic E-state index is 0.0333. The zero-order valence-electron chi connectivity index (χ0n) is 14.3. The highest BCUT2D eigenvalue weighted by Gasteiger charge is 2.50. The number of carboxylic acid groups (broad SMARTS) is 1. The van der Waals surface area contributed by atoms with E-state index in [9.17, 15) is 27.9 Å². The highest BCUT2D eigenvalue weighted by molar-refractivity contribution is 7.75. The largest absolute Gasteiger partial charge is 0.478 e. The maximum atomic E-state index is 13.0. The van der Waals surface area contributed by atoms with Crippen LogP contribution >= 0.6 is 0 Å². The summed E-state index contributed by atoms with van der Waals surface area (Å²) in [6.07, 6.45) is 4.23. The van der Waals surface area contributed by atoms with Crippen LogP contribution in [-0.2, 0) is 19.9 Å². The Morgan fingerprint density at radius 2 is 1.81 bits per heavy atom. The summed E-state index contributed by atoms with van der Waals surface area (Å²) >= 11 is 0. The fourth-order valence-electron chi connectivity index (χ4n) is 3.88. The number of carboxylic acids is 1. The second kappa shape index (κ2) is 7.03. The van der Waals surface area contributed by atoms with Crippen molar-refractivity contribution in [3.05, 3.63) is 29.3 Å². The molecule has 7 nitrogen and oxygen atoms in total. The fourth-order valence-corrected chi connectivity index (χ4v) is 4.61. The molecule has 8 heteroatoms. The van der Waals surface area contributed by atoms with Crippen molar-refractivity contribution in [1.29, 1.82) is 0 Å². The van der Waals surface area contributed by atoms with Crippen molar-refractivity contribution in [3.8, 4) is 0 Å². The molecule has 1 heterocycles. The molecule has 2 amide bonds. The van der Waals surface area contributed by atoms with Crippen LogP contribution in [0.5, 0.6) is 0 Å². The summed E-state index contributed by atoms with van der Waals surface area (Å²) in [5.74, 6) is -3.79. The maximum Gasteiger partial charge on any atom is 0.336 e. The number of hydrogen-bond acceptors (Lipinski definition) is 5. The Labute approximate surface area is 152 Å². The first-order valence-corrected chi connectivity index (χ1v) is 9.58. The molecule has 26 heavy (non-hydrogen) atoms. The Bertz CT molecular complexity index is 919. The van der Waals surface area contributed by atoms with E-state index in [2.05, 4.69) is 0 Å². The molecule has 0 spiro atoms. The van der Waals surface area contributed by atoms with Gasteiger partial charge in [0.25, 0.3) is 5.91 Å². The third kappa shape index (κ3) is 3.05. The quantitative estimate of drug-likeness (QED) is 0.636. The van der Waals surface area contributed by atoms with E-state index in [4.69, 9.17) is 0 Å². The molecule has 2 aliphatic rings. The minimum Gasteiger partial charge on any atom is -0.478 e. The molecule has 1 aliphatic heterocycles. The molecule has 0 radical (unpaired) electrons. The number of benzene rings is 1. The molecule has 0 bridgehead atoms. The molecular formula is C18H19NO6S. The molecule has 1 unspecified atom stereocenters. The normalized spacial score (nSPS) is 21.3. The Morgan fingerprint density at radius 1 is 1.15 bits per heavy atom. The highest BCUT2D eigenvalue weighted by atomic mass is 32.2. The second-order valence-corrected chi connectivity index (χ2v) is 7.67. The van der Waals surface area contributed by atoms with Crippen LogP contribution in [0, 0.1) is 18.8 Å². The molecule has 3 rings (SSSR count). The van der Waals surface area contributed by atoms with Crippen LogP contribution in [0.25, 0.3) is 0 Å². The van der Waals surface area contributed by atoms with Gasteiger partial charge in [0.15, 0.2) is 4.86 Å². The summed E-state index contributed by atoms with van der Waals surface area (Å²) in [4.78, 5) is 37.4. The number of aryl methyl sites for hydroxylation is 1. The van der Waals surface area contributed by atoms with Gasteiger partial charge < -0.3 is 5.11 Å². The summed E-state index contributed by atoms with van der Waals surface area (Å²) in [7, 11) is -2.80. The third-order valence-electron chi connectivity index (χ3n) is 5.19. The molecule has 1 aliphatic carbocycles. The van der Waals surface area contributed by atoms with Crippen molar-refractivity contribution < 1.29 is 27.9 Å². The van der Waals surface area contributed by atoms with E-state index in [1.54, 1.807) is 6.92 Å². The maximum absolute atomic E-state index is 13.0. The van der Waals surface area contributed by atoms with Crippen LogP contribution in [0.15, 0.2) is 18.2 Å². The van der Waals surface area contributed by atoms with Crippen LogP contribution in [0.4, 0.5) is 5.69 Å². The van der Waals surface area contributed by atoms with Crippen LogP contribution in [0.1, 0.15) is 48.0 Å². The van der Waals surface area contributed by atoms with Gasteiger partial charge in [-0.15, -0.1) is 0 Å². The van der Waals surface area contributed by atoms with Gasteiger partial charge >= 0.3 is 5.97 Å². The summed E-state index contributed by atoms with van der Waals surface area (Å²) in [5.41, 5.74) is 0.541. The number of aromatic carboxylic acids is 1. The van der Waals surface area contributed by atoms with Gasteiger partial charge in [-0.3, -0.25) is 9.59 Å². The van der Waals surface area contributed by atoms with E-state index < -0.39 is 38.9 Å². The number of carbonyl (C=O) groups is 3. The molecule has 1 aromatic carbocycles. The first-order chi connectivity index (χ1) is 12.3. The van der Waals surface area contributed by atoms with Gasteiger partial charge in [-0.05, 0) is 43.4 Å². The number of rotatable bonds is 3. The van der Waals surface area contributed by atoms with E-state index in [0.717, 1.165) is 24.2 Å². The van der Waals surface area contributed by atoms with Crippen molar-refractivity contribution in [2.45, 2.75) is 39.0 Å². The lowest BCUT2D eigenvalue weighted by Gasteiger charge is -2.25. The summed E-state index contributed by atoms with van der Waals surface area (Å²) in [5, 5.41) is 9.27. The summed E-state index contributed by atoms with van der Waals surface area (Å²) < 4.78 is 23.4. The summed E-state index contributed by atoms with van der Waals surface area (Å²) in [6.45, 7) is 1.61. The zero-order valence-corrected chi connectivity index (χ0v) is 15.1. The predicted octanol–water partition coefficient (Wildman–Crippen LogP) is 1.81. The van der Waals surface area contributed by atoms with Crippen LogP contribution in [0.3, 0.4) is 0 Å². The number of nitrogens with zero attached hydrogens (tertiary/aromatic N) is 1. The topological polar surface area (TPSA) is 109 Å². The van der Waals surface area contributed by atoms with E-state index in [1.807, 2.05) is 0 Å².